The van der Waals surface area contributed by atoms with Gasteiger partial charge in [0.05, 0.1) is 19.1 Å². The van der Waals surface area contributed by atoms with Crippen LogP contribution >= 0.6 is 24.0 Å². The van der Waals surface area contributed by atoms with Crippen LogP contribution < -0.4 is 9.47 Å². The van der Waals surface area contributed by atoms with Crippen LogP contribution in [0, 0.1) is 0 Å². The maximum absolute atomic E-state index is 13.0. The minimum atomic E-state index is -0.0431. The van der Waals surface area contributed by atoms with Gasteiger partial charge in [0.15, 0.2) is 11.5 Å². The van der Waals surface area contributed by atoms with E-state index in [9.17, 15) is 4.79 Å². The number of thioether (sulfide) groups is 1. The Kier molecular flexibility index (Phi) is 6.06. The number of benzene rings is 3. The molecule has 1 amide bonds. The minimum Gasteiger partial charge on any atom is -0.493 e. The van der Waals surface area contributed by atoms with Gasteiger partial charge in [0.1, 0.15) is 4.32 Å². The molecule has 0 bridgehead atoms. The summed E-state index contributed by atoms with van der Waals surface area (Å²) in [5.41, 5.74) is 2.08. The van der Waals surface area contributed by atoms with Crippen LogP contribution in [0.4, 0.5) is 0 Å². The van der Waals surface area contributed by atoms with Crippen molar-refractivity contribution in [2.75, 3.05) is 20.8 Å². The smallest absolute Gasteiger partial charge is 0.266 e. The van der Waals surface area contributed by atoms with Crippen LogP contribution in [0.5, 0.6) is 11.5 Å². The molecule has 30 heavy (non-hydrogen) atoms. The third kappa shape index (κ3) is 4.06. The van der Waals surface area contributed by atoms with E-state index in [0.29, 0.717) is 33.7 Å². The van der Waals surface area contributed by atoms with Crippen LogP contribution in [0.1, 0.15) is 11.1 Å². The van der Waals surface area contributed by atoms with Crippen LogP contribution in [0.25, 0.3) is 16.8 Å². The Bertz CT molecular complexity index is 1150. The van der Waals surface area contributed by atoms with Gasteiger partial charge in [-0.2, -0.15) is 0 Å². The van der Waals surface area contributed by atoms with E-state index in [1.54, 1.807) is 19.1 Å². The van der Waals surface area contributed by atoms with Crippen LogP contribution in [-0.2, 0) is 11.2 Å². The van der Waals surface area contributed by atoms with Crippen molar-refractivity contribution in [1.82, 2.24) is 4.90 Å². The van der Waals surface area contributed by atoms with E-state index in [4.69, 9.17) is 21.7 Å². The number of hydrogen-bond donors (Lipinski definition) is 0. The molecule has 0 spiro atoms. The largest absolute Gasteiger partial charge is 0.493 e. The molecule has 0 unspecified atom stereocenters. The van der Waals surface area contributed by atoms with Crippen molar-refractivity contribution in [2.45, 2.75) is 6.42 Å². The van der Waals surface area contributed by atoms with E-state index in [1.807, 2.05) is 48.5 Å². The number of fused-ring (bicyclic) bond motifs is 1. The second kappa shape index (κ2) is 8.90. The lowest BCUT2D eigenvalue weighted by Gasteiger charge is -2.15. The predicted octanol–water partition coefficient (Wildman–Crippen LogP) is 5.30. The molecule has 0 saturated carbocycles. The van der Waals surface area contributed by atoms with Crippen molar-refractivity contribution in [3.63, 3.8) is 0 Å². The number of methoxy groups -OCH3 is 2. The molecule has 3 aromatic carbocycles. The van der Waals surface area contributed by atoms with Gasteiger partial charge < -0.3 is 9.47 Å². The number of ether oxygens (including phenoxy) is 2. The first kappa shape index (κ1) is 20.4. The number of carbonyl (C=O) groups excluding carboxylic acids is 1. The molecule has 0 atom stereocenters. The van der Waals surface area contributed by atoms with Gasteiger partial charge in [-0.25, -0.2) is 0 Å². The molecule has 1 heterocycles. The molecule has 1 aliphatic heterocycles. The van der Waals surface area contributed by atoms with Gasteiger partial charge >= 0.3 is 0 Å². The van der Waals surface area contributed by atoms with Gasteiger partial charge in [-0.1, -0.05) is 72.5 Å². The first-order valence-corrected chi connectivity index (χ1v) is 10.8. The summed E-state index contributed by atoms with van der Waals surface area (Å²) in [6, 6.07) is 20.0. The third-order valence-corrected chi connectivity index (χ3v) is 6.43. The van der Waals surface area contributed by atoms with Crippen LogP contribution in [0.15, 0.2) is 65.6 Å². The average molecular weight is 436 g/mol. The minimum absolute atomic E-state index is 0.0431. The van der Waals surface area contributed by atoms with Crippen LogP contribution in [0.3, 0.4) is 0 Å². The molecule has 6 heteroatoms. The summed E-state index contributed by atoms with van der Waals surface area (Å²) >= 11 is 6.85. The van der Waals surface area contributed by atoms with Crippen LogP contribution in [0.2, 0.25) is 0 Å². The van der Waals surface area contributed by atoms with Crippen LogP contribution in [-0.4, -0.2) is 35.9 Å². The van der Waals surface area contributed by atoms with E-state index in [-0.39, 0.29) is 5.91 Å². The van der Waals surface area contributed by atoms with Crippen molar-refractivity contribution in [2.24, 2.45) is 0 Å². The number of carbonyl (C=O) groups is 1. The summed E-state index contributed by atoms with van der Waals surface area (Å²) in [5.74, 6) is 1.32. The summed E-state index contributed by atoms with van der Waals surface area (Å²) in [6.07, 6.45) is 2.62. The molecular weight excluding hydrogens is 414 g/mol. The lowest BCUT2D eigenvalue weighted by Crippen LogP contribution is -2.30. The summed E-state index contributed by atoms with van der Waals surface area (Å²) in [5, 5.41) is 2.27. The molecule has 0 radical (unpaired) electrons. The number of rotatable bonds is 6. The molecule has 152 valence electrons. The molecule has 1 aliphatic rings. The molecule has 0 N–H and O–H groups in total. The summed E-state index contributed by atoms with van der Waals surface area (Å²) in [7, 11) is 3.22. The topological polar surface area (TPSA) is 38.8 Å². The number of amides is 1. The second-order valence-electron chi connectivity index (χ2n) is 6.84. The van der Waals surface area contributed by atoms with Gasteiger partial charge in [0.25, 0.3) is 5.91 Å². The average Bonchev–Trinajstić information content (AvgIpc) is 3.04. The second-order valence-corrected chi connectivity index (χ2v) is 8.52. The van der Waals surface area contributed by atoms with Crippen molar-refractivity contribution < 1.29 is 14.3 Å². The Balaban J connectivity index is 1.52. The van der Waals surface area contributed by atoms with Crippen molar-refractivity contribution in [3.05, 3.63) is 76.7 Å². The zero-order chi connectivity index (χ0) is 21.1. The molecule has 4 rings (SSSR count). The molecular formula is C24H21NO3S2. The van der Waals surface area contributed by atoms with Crippen molar-refractivity contribution >= 4 is 51.1 Å². The molecule has 1 fully saturated rings. The van der Waals surface area contributed by atoms with Gasteiger partial charge in [0.2, 0.25) is 0 Å². The zero-order valence-corrected chi connectivity index (χ0v) is 18.4. The Morgan fingerprint density at radius 3 is 2.57 bits per heavy atom. The number of thiocarbonyl (C=S) groups is 1. The standard InChI is InChI=1S/C24H21NO3S2/c1-27-20-11-10-16(14-21(20)28-2)12-13-25-23(26)22(30-24(25)29)15-18-8-5-7-17-6-3-4-9-19(17)18/h3-11,14-15H,12-13H2,1-2H3/b22-15-. The quantitative estimate of drug-likeness (QED) is 0.388. The Labute approximate surface area is 185 Å². The van der Waals surface area contributed by atoms with E-state index in [0.717, 1.165) is 21.9 Å². The van der Waals surface area contributed by atoms with Crippen molar-refractivity contribution in [3.8, 4) is 11.5 Å². The highest BCUT2D eigenvalue weighted by molar-refractivity contribution is 8.26. The summed E-state index contributed by atoms with van der Waals surface area (Å²) in [6.45, 7) is 0.521. The predicted molar refractivity (Wildman–Crippen MR) is 127 cm³/mol. The summed E-state index contributed by atoms with van der Waals surface area (Å²) in [4.78, 5) is 15.3. The fourth-order valence-corrected chi connectivity index (χ4v) is 4.79. The lowest BCUT2D eigenvalue weighted by molar-refractivity contribution is -0.122. The highest BCUT2D eigenvalue weighted by Gasteiger charge is 2.31. The van der Waals surface area contributed by atoms with E-state index < -0.39 is 0 Å². The Morgan fingerprint density at radius 2 is 1.77 bits per heavy atom. The van der Waals surface area contributed by atoms with Gasteiger partial charge in [-0.05, 0) is 46.5 Å². The zero-order valence-electron chi connectivity index (χ0n) is 16.8. The van der Waals surface area contributed by atoms with E-state index >= 15 is 0 Å². The lowest BCUT2D eigenvalue weighted by atomic mass is 10.0. The molecule has 0 aromatic heterocycles. The highest BCUT2D eigenvalue weighted by atomic mass is 32.2. The Morgan fingerprint density at radius 1 is 1.00 bits per heavy atom. The maximum Gasteiger partial charge on any atom is 0.266 e. The normalized spacial score (nSPS) is 15.3. The Hall–Kier alpha value is -2.83. The number of hydrogen-bond acceptors (Lipinski definition) is 5. The number of nitrogens with zero attached hydrogens (tertiary/aromatic N) is 1. The monoisotopic (exact) mass is 435 g/mol. The third-order valence-electron chi connectivity index (χ3n) is 5.06. The fraction of sp³-hybridized carbons (Fsp3) is 0.167. The van der Waals surface area contributed by atoms with E-state index in [1.165, 1.54) is 11.8 Å². The van der Waals surface area contributed by atoms with Gasteiger partial charge in [-0.3, -0.25) is 9.69 Å². The first-order chi connectivity index (χ1) is 14.6. The molecule has 3 aromatic rings. The first-order valence-electron chi connectivity index (χ1n) is 9.54. The highest BCUT2D eigenvalue weighted by Crippen LogP contribution is 2.34. The summed E-state index contributed by atoms with van der Waals surface area (Å²) < 4.78 is 11.2. The van der Waals surface area contributed by atoms with Gasteiger partial charge in [0, 0.05) is 6.54 Å². The maximum atomic E-state index is 13.0. The van der Waals surface area contributed by atoms with Crippen molar-refractivity contribution in [1.29, 1.82) is 0 Å². The van der Waals surface area contributed by atoms with E-state index in [2.05, 4.69) is 18.2 Å². The SMILES string of the molecule is COc1ccc(CCN2C(=O)/C(=C/c3cccc4ccccc34)SC2=S)cc1OC. The molecule has 0 aliphatic carbocycles. The van der Waals surface area contributed by atoms with Gasteiger partial charge in [-0.15, -0.1) is 0 Å². The molecule has 1 saturated heterocycles. The molecule has 4 nitrogen and oxygen atoms in total. The fourth-order valence-electron chi connectivity index (χ4n) is 3.49.